The highest BCUT2D eigenvalue weighted by atomic mass is 16.2. The van der Waals surface area contributed by atoms with E-state index in [9.17, 15) is 9.59 Å². The molecule has 0 aromatic heterocycles. The molecule has 4 rings (SSSR count). The molecule has 28 heavy (non-hydrogen) atoms. The van der Waals surface area contributed by atoms with Crippen LogP contribution in [0.4, 0.5) is 0 Å². The Morgan fingerprint density at radius 3 is 2.64 bits per heavy atom. The Labute approximate surface area is 165 Å². The maximum Gasteiger partial charge on any atom is 0.253 e. The van der Waals surface area contributed by atoms with Gasteiger partial charge in [0.05, 0.1) is 17.0 Å². The van der Waals surface area contributed by atoms with Gasteiger partial charge in [-0.15, -0.1) is 0 Å². The molecule has 2 amide bonds. The molecule has 2 aliphatic rings. The lowest BCUT2D eigenvalue weighted by atomic mass is 9.85. The third-order valence-corrected chi connectivity index (χ3v) is 5.99. The summed E-state index contributed by atoms with van der Waals surface area (Å²) < 4.78 is 0. The van der Waals surface area contributed by atoms with Gasteiger partial charge in [-0.3, -0.25) is 9.59 Å². The number of nitrogens with zero attached hydrogens (tertiary/aromatic N) is 3. The van der Waals surface area contributed by atoms with Crippen LogP contribution in [0.5, 0.6) is 0 Å². The van der Waals surface area contributed by atoms with Crippen LogP contribution in [0, 0.1) is 16.7 Å². The Bertz CT molecular complexity index is 934. The summed E-state index contributed by atoms with van der Waals surface area (Å²) >= 11 is 0. The van der Waals surface area contributed by atoms with Gasteiger partial charge in [0.1, 0.15) is 0 Å². The number of carbonyl (C=O) groups is 2. The van der Waals surface area contributed by atoms with Crippen molar-refractivity contribution in [2.75, 3.05) is 26.2 Å². The Kier molecular flexibility index (Phi) is 4.87. The van der Waals surface area contributed by atoms with Crippen molar-refractivity contribution in [3.05, 3.63) is 71.3 Å². The van der Waals surface area contributed by atoms with Crippen molar-refractivity contribution in [3.63, 3.8) is 0 Å². The number of amides is 2. The van der Waals surface area contributed by atoms with Crippen LogP contribution in [0.1, 0.15) is 34.3 Å². The highest BCUT2D eigenvalue weighted by molar-refractivity contribution is 5.96. The van der Waals surface area contributed by atoms with E-state index in [0.29, 0.717) is 24.2 Å². The van der Waals surface area contributed by atoms with E-state index in [4.69, 9.17) is 5.26 Å². The van der Waals surface area contributed by atoms with Crippen LogP contribution in [0.15, 0.2) is 54.6 Å². The zero-order valence-corrected chi connectivity index (χ0v) is 15.8. The number of carbonyl (C=O) groups excluding carboxylic acids is 2. The molecule has 5 heteroatoms. The Hall–Kier alpha value is -3.13. The molecule has 2 aliphatic heterocycles. The van der Waals surface area contributed by atoms with E-state index < -0.39 is 5.41 Å². The molecule has 1 atom stereocenters. The molecule has 5 nitrogen and oxygen atoms in total. The van der Waals surface area contributed by atoms with Gasteiger partial charge in [-0.25, -0.2) is 0 Å². The van der Waals surface area contributed by atoms with Gasteiger partial charge < -0.3 is 9.80 Å². The second-order valence-electron chi connectivity index (χ2n) is 7.73. The quantitative estimate of drug-likeness (QED) is 0.828. The van der Waals surface area contributed by atoms with Gasteiger partial charge in [-0.1, -0.05) is 36.4 Å². The van der Waals surface area contributed by atoms with E-state index in [-0.39, 0.29) is 11.8 Å². The van der Waals surface area contributed by atoms with Crippen molar-refractivity contribution in [3.8, 4) is 6.07 Å². The Morgan fingerprint density at radius 2 is 1.86 bits per heavy atom. The molecular weight excluding hydrogens is 350 g/mol. The van der Waals surface area contributed by atoms with Crippen molar-refractivity contribution in [1.29, 1.82) is 5.26 Å². The second-order valence-corrected chi connectivity index (χ2v) is 7.73. The van der Waals surface area contributed by atoms with E-state index in [1.54, 1.807) is 29.2 Å². The summed E-state index contributed by atoms with van der Waals surface area (Å²) in [5.41, 5.74) is 1.79. The predicted molar refractivity (Wildman–Crippen MR) is 105 cm³/mol. The standard InChI is InChI=1S/C23H23N3O2/c24-16-19-7-4-8-20(15-19)21(27)26-14-11-23(17-26)10-13-25(22(23)28)12-9-18-5-2-1-3-6-18/h1-8,15H,9-14,17H2. The molecule has 1 unspecified atom stereocenters. The first kappa shape index (κ1) is 18.2. The average Bonchev–Trinajstić information content (AvgIpc) is 3.31. The largest absolute Gasteiger partial charge is 0.342 e. The molecular formula is C23H23N3O2. The summed E-state index contributed by atoms with van der Waals surface area (Å²) in [5, 5.41) is 9.05. The maximum atomic E-state index is 13.1. The summed E-state index contributed by atoms with van der Waals surface area (Å²) in [6.45, 7) is 2.55. The fraction of sp³-hybridized carbons (Fsp3) is 0.348. The van der Waals surface area contributed by atoms with Crippen LogP contribution in [0.25, 0.3) is 0 Å². The number of likely N-dealkylation sites (tertiary alicyclic amines) is 2. The molecule has 0 saturated carbocycles. The third kappa shape index (κ3) is 3.38. The minimum atomic E-state index is -0.431. The molecule has 2 aromatic rings. The summed E-state index contributed by atoms with van der Waals surface area (Å²) in [7, 11) is 0. The fourth-order valence-corrected chi connectivity index (χ4v) is 4.34. The minimum Gasteiger partial charge on any atom is -0.342 e. The molecule has 1 spiro atoms. The van der Waals surface area contributed by atoms with Gasteiger partial charge in [-0.2, -0.15) is 5.26 Å². The molecule has 2 saturated heterocycles. The van der Waals surface area contributed by atoms with Gasteiger partial charge in [0.2, 0.25) is 5.91 Å². The highest BCUT2D eigenvalue weighted by Gasteiger charge is 2.51. The van der Waals surface area contributed by atoms with E-state index in [2.05, 4.69) is 18.2 Å². The lowest BCUT2D eigenvalue weighted by Gasteiger charge is -2.24. The van der Waals surface area contributed by atoms with E-state index in [1.165, 1.54) is 5.56 Å². The van der Waals surface area contributed by atoms with Crippen LogP contribution in [-0.4, -0.2) is 47.8 Å². The lowest BCUT2D eigenvalue weighted by molar-refractivity contribution is -0.135. The monoisotopic (exact) mass is 373 g/mol. The molecule has 142 valence electrons. The van der Waals surface area contributed by atoms with Crippen LogP contribution >= 0.6 is 0 Å². The molecule has 2 heterocycles. The van der Waals surface area contributed by atoms with Crippen LogP contribution < -0.4 is 0 Å². The molecule has 2 aromatic carbocycles. The zero-order chi connectivity index (χ0) is 19.6. The number of benzene rings is 2. The van der Waals surface area contributed by atoms with Gasteiger partial charge in [0.25, 0.3) is 5.91 Å². The SMILES string of the molecule is N#Cc1cccc(C(=O)N2CCC3(CCN(CCc4ccccc4)C3=O)C2)c1. The molecule has 0 N–H and O–H groups in total. The van der Waals surface area contributed by atoms with Crippen molar-refractivity contribution in [1.82, 2.24) is 9.80 Å². The van der Waals surface area contributed by atoms with Gasteiger partial charge in [0, 0.05) is 31.7 Å². The van der Waals surface area contributed by atoms with Crippen LogP contribution in [-0.2, 0) is 11.2 Å². The second kappa shape index (κ2) is 7.47. The van der Waals surface area contributed by atoms with Crippen LogP contribution in [0.2, 0.25) is 0 Å². The summed E-state index contributed by atoms with van der Waals surface area (Å²) in [6.07, 6.45) is 2.38. The van der Waals surface area contributed by atoms with E-state index in [0.717, 1.165) is 32.4 Å². The third-order valence-electron chi connectivity index (χ3n) is 5.99. The first-order valence-corrected chi connectivity index (χ1v) is 9.74. The summed E-state index contributed by atoms with van der Waals surface area (Å²) in [4.78, 5) is 29.7. The van der Waals surface area contributed by atoms with Crippen molar-refractivity contribution in [2.45, 2.75) is 19.3 Å². The maximum absolute atomic E-state index is 13.1. The fourth-order valence-electron chi connectivity index (χ4n) is 4.34. The van der Waals surface area contributed by atoms with Crippen molar-refractivity contribution < 1.29 is 9.59 Å². The van der Waals surface area contributed by atoms with E-state index >= 15 is 0 Å². The highest BCUT2D eigenvalue weighted by Crippen LogP contribution is 2.41. The van der Waals surface area contributed by atoms with Gasteiger partial charge in [0.15, 0.2) is 0 Å². The normalized spacial score (nSPS) is 21.3. The summed E-state index contributed by atoms with van der Waals surface area (Å²) in [6, 6.07) is 19.0. The number of nitriles is 1. The number of hydrogen-bond acceptors (Lipinski definition) is 3. The van der Waals surface area contributed by atoms with Crippen molar-refractivity contribution >= 4 is 11.8 Å². The Morgan fingerprint density at radius 1 is 1.07 bits per heavy atom. The molecule has 0 radical (unpaired) electrons. The number of hydrogen-bond donors (Lipinski definition) is 0. The van der Waals surface area contributed by atoms with E-state index in [1.807, 2.05) is 23.1 Å². The summed E-state index contributed by atoms with van der Waals surface area (Å²) in [5.74, 6) is 0.0917. The Balaban J connectivity index is 1.40. The van der Waals surface area contributed by atoms with Gasteiger partial charge in [-0.05, 0) is 43.0 Å². The molecule has 0 aliphatic carbocycles. The van der Waals surface area contributed by atoms with Gasteiger partial charge >= 0.3 is 0 Å². The van der Waals surface area contributed by atoms with Crippen LogP contribution in [0.3, 0.4) is 0 Å². The molecule has 0 bridgehead atoms. The zero-order valence-electron chi connectivity index (χ0n) is 15.8. The number of rotatable bonds is 4. The topological polar surface area (TPSA) is 64.4 Å². The molecule has 2 fully saturated rings. The lowest BCUT2D eigenvalue weighted by Crippen LogP contribution is -2.39. The van der Waals surface area contributed by atoms with Crippen molar-refractivity contribution in [2.24, 2.45) is 5.41 Å². The predicted octanol–water partition coefficient (Wildman–Crippen LogP) is 2.87. The average molecular weight is 373 g/mol. The first-order valence-electron chi connectivity index (χ1n) is 9.74. The first-order chi connectivity index (χ1) is 13.6. The minimum absolute atomic E-state index is 0.0930. The smallest absolute Gasteiger partial charge is 0.253 e.